The first-order valence-corrected chi connectivity index (χ1v) is 11.6. The fourth-order valence-corrected chi connectivity index (χ4v) is 4.52. The van der Waals surface area contributed by atoms with Crippen LogP contribution in [0.4, 0.5) is 4.79 Å². The maximum atomic E-state index is 13.1. The van der Waals surface area contributed by atoms with Crippen LogP contribution in [0.25, 0.3) is 0 Å². The maximum Gasteiger partial charge on any atom is 0.322 e. The number of nitrogens with one attached hydrogen (secondary N) is 4. The van der Waals surface area contributed by atoms with Gasteiger partial charge in [0.1, 0.15) is 17.3 Å². The molecule has 10 nitrogen and oxygen atoms in total. The van der Waals surface area contributed by atoms with Gasteiger partial charge in [-0.3, -0.25) is 19.7 Å². The Morgan fingerprint density at radius 3 is 2.57 bits per heavy atom. The molecule has 5 amide bonds. The number of aromatic hydroxyl groups is 1. The zero-order valence-electron chi connectivity index (χ0n) is 19.2. The number of carbonyl (C=O) groups excluding carboxylic acids is 4. The number of amides is 5. The molecule has 1 spiro atoms. The fourth-order valence-electron chi connectivity index (χ4n) is 4.52. The average Bonchev–Trinajstić information content (AvgIpc) is 3.11. The molecule has 0 aromatic heterocycles. The van der Waals surface area contributed by atoms with Gasteiger partial charge in [-0.2, -0.15) is 0 Å². The molecule has 184 valence electrons. The maximum absolute atomic E-state index is 13.1. The number of carbonyl (C=O) groups is 4. The Hall–Kier alpha value is -3.92. The third kappa shape index (κ3) is 5.43. The van der Waals surface area contributed by atoms with Gasteiger partial charge in [0.2, 0.25) is 5.91 Å². The summed E-state index contributed by atoms with van der Waals surface area (Å²) in [5.74, 6) is -0.916. The van der Waals surface area contributed by atoms with E-state index in [-0.39, 0.29) is 24.0 Å². The van der Waals surface area contributed by atoms with Crippen LogP contribution in [0, 0.1) is 0 Å². The molecule has 4 rings (SSSR count). The Morgan fingerprint density at radius 1 is 1.11 bits per heavy atom. The van der Waals surface area contributed by atoms with Gasteiger partial charge in [-0.05, 0) is 66.8 Å². The van der Waals surface area contributed by atoms with Gasteiger partial charge in [0.05, 0.1) is 0 Å². The molecule has 1 aliphatic heterocycles. The van der Waals surface area contributed by atoms with Gasteiger partial charge in [-0.1, -0.05) is 18.2 Å². The highest BCUT2D eigenvalue weighted by Gasteiger charge is 2.47. The molecular weight excluding hydrogens is 450 g/mol. The summed E-state index contributed by atoms with van der Waals surface area (Å²) in [6.45, 7) is 0.846. The van der Waals surface area contributed by atoms with Crippen LogP contribution in [0.5, 0.6) is 5.75 Å². The van der Waals surface area contributed by atoms with Crippen LogP contribution >= 0.6 is 0 Å². The summed E-state index contributed by atoms with van der Waals surface area (Å²) in [5.41, 5.74) is 7.58. The number of imide groups is 1. The minimum Gasteiger partial charge on any atom is -0.508 e. The SMILES string of the molecule is NCCCNC(=O)[C@@H](Cc1ccc(O)cc1)NC(=O)c1ccc2c(c1)CCC1(C2)NC(=O)NC1=O. The van der Waals surface area contributed by atoms with E-state index >= 15 is 0 Å². The molecule has 1 saturated heterocycles. The number of urea groups is 1. The van der Waals surface area contributed by atoms with Gasteiger partial charge in [0, 0.05) is 24.9 Å². The summed E-state index contributed by atoms with van der Waals surface area (Å²) in [6.07, 6.45) is 2.20. The van der Waals surface area contributed by atoms with Crippen LogP contribution in [-0.4, -0.2) is 53.5 Å². The molecule has 1 unspecified atom stereocenters. The van der Waals surface area contributed by atoms with Gasteiger partial charge in [-0.15, -0.1) is 0 Å². The van der Waals surface area contributed by atoms with E-state index < -0.39 is 23.5 Å². The Kier molecular flexibility index (Phi) is 7.02. The molecule has 0 radical (unpaired) electrons. The quantitative estimate of drug-likeness (QED) is 0.235. The molecule has 0 bridgehead atoms. The van der Waals surface area contributed by atoms with Gasteiger partial charge >= 0.3 is 6.03 Å². The molecule has 35 heavy (non-hydrogen) atoms. The highest BCUT2D eigenvalue weighted by molar-refractivity contribution is 6.07. The summed E-state index contributed by atoms with van der Waals surface area (Å²) in [5, 5.41) is 20.2. The molecule has 2 aromatic carbocycles. The Balaban J connectivity index is 1.48. The van der Waals surface area contributed by atoms with E-state index in [4.69, 9.17) is 5.73 Å². The smallest absolute Gasteiger partial charge is 0.322 e. The van der Waals surface area contributed by atoms with Gasteiger partial charge < -0.3 is 26.8 Å². The number of aryl methyl sites for hydroxylation is 1. The van der Waals surface area contributed by atoms with Gasteiger partial charge in [-0.25, -0.2) is 4.79 Å². The van der Waals surface area contributed by atoms with Crippen molar-refractivity contribution < 1.29 is 24.3 Å². The minimum absolute atomic E-state index is 0.118. The monoisotopic (exact) mass is 479 g/mol. The van der Waals surface area contributed by atoms with Crippen molar-refractivity contribution in [3.63, 3.8) is 0 Å². The van der Waals surface area contributed by atoms with E-state index in [9.17, 15) is 24.3 Å². The molecule has 1 heterocycles. The number of benzene rings is 2. The van der Waals surface area contributed by atoms with Crippen molar-refractivity contribution >= 4 is 23.8 Å². The summed E-state index contributed by atoms with van der Waals surface area (Å²) in [6, 6.07) is 10.4. The van der Waals surface area contributed by atoms with Gasteiger partial charge in [0.15, 0.2) is 0 Å². The Labute approximate surface area is 202 Å². The Morgan fingerprint density at radius 2 is 1.89 bits per heavy atom. The van der Waals surface area contributed by atoms with Crippen molar-refractivity contribution in [2.24, 2.45) is 5.73 Å². The second-order valence-corrected chi connectivity index (χ2v) is 8.98. The van der Waals surface area contributed by atoms with Gasteiger partial charge in [0.25, 0.3) is 11.8 Å². The van der Waals surface area contributed by atoms with E-state index in [1.54, 1.807) is 30.3 Å². The van der Waals surface area contributed by atoms with E-state index in [2.05, 4.69) is 21.3 Å². The molecule has 7 N–H and O–H groups in total. The van der Waals surface area contributed by atoms with Crippen molar-refractivity contribution in [1.82, 2.24) is 21.3 Å². The van der Waals surface area contributed by atoms with Crippen LogP contribution in [0.3, 0.4) is 0 Å². The number of fused-ring (bicyclic) bond motifs is 1. The van der Waals surface area contributed by atoms with Crippen molar-refractivity contribution in [2.75, 3.05) is 13.1 Å². The number of hydrogen-bond acceptors (Lipinski definition) is 6. The highest BCUT2D eigenvalue weighted by Crippen LogP contribution is 2.31. The first-order chi connectivity index (χ1) is 16.8. The molecule has 2 aliphatic rings. The number of phenolic OH excluding ortho intramolecular Hbond substituents is 1. The molecule has 2 aromatic rings. The molecule has 1 fully saturated rings. The Bertz CT molecular complexity index is 1150. The molecule has 0 saturated carbocycles. The first kappa shape index (κ1) is 24.2. The van der Waals surface area contributed by atoms with E-state index in [0.717, 1.165) is 16.7 Å². The molecule has 10 heteroatoms. The lowest BCUT2D eigenvalue weighted by Crippen LogP contribution is -2.51. The third-order valence-electron chi connectivity index (χ3n) is 6.47. The number of hydrogen-bond donors (Lipinski definition) is 6. The van der Waals surface area contributed by atoms with Crippen LogP contribution < -0.4 is 27.0 Å². The third-order valence-corrected chi connectivity index (χ3v) is 6.47. The minimum atomic E-state index is -0.940. The average molecular weight is 480 g/mol. The first-order valence-electron chi connectivity index (χ1n) is 11.6. The number of nitrogens with two attached hydrogens (primary N) is 1. The summed E-state index contributed by atoms with van der Waals surface area (Å²) in [4.78, 5) is 49.8. The van der Waals surface area contributed by atoms with Crippen LogP contribution in [0.1, 0.15) is 39.9 Å². The predicted octanol–water partition coefficient (Wildman–Crippen LogP) is 0.265. The lowest BCUT2D eigenvalue weighted by atomic mass is 9.77. The van der Waals surface area contributed by atoms with Crippen LogP contribution in [0.2, 0.25) is 0 Å². The van der Waals surface area contributed by atoms with E-state index in [0.29, 0.717) is 44.3 Å². The van der Waals surface area contributed by atoms with Crippen LogP contribution in [0.15, 0.2) is 42.5 Å². The fraction of sp³-hybridized carbons (Fsp3) is 0.360. The van der Waals surface area contributed by atoms with Crippen molar-refractivity contribution in [3.05, 3.63) is 64.7 Å². The number of phenols is 1. The number of rotatable bonds is 8. The zero-order valence-corrected chi connectivity index (χ0v) is 19.2. The largest absolute Gasteiger partial charge is 0.508 e. The highest BCUT2D eigenvalue weighted by atomic mass is 16.3. The normalized spacial score (nSPS) is 19.5. The van der Waals surface area contributed by atoms with Crippen molar-refractivity contribution in [1.29, 1.82) is 0 Å². The molecule has 1 aliphatic carbocycles. The van der Waals surface area contributed by atoms with Crippen LogP contribution in [-0.2, 0) is 28.9 Å². The lowest BCUT2D eigenvalue weighted by Gasteiger charge is -2.32. The summed E-state index contributed by atoms with van der Waals surface area (Å²) in [7, 11) is 0. The predicted molar refractivity (Wildman–Crippen MR) is 128 cm³/mol. The van der Waals surface area contributed by atoms with E-state index in [1.165, 1.54) is 12.1 Å². The van der Waals surface area contributed by atoms with Crippen molar-refractivity contribution in [3.8, 4) is 5.75 Å². The summed E-state index contributed by atoms with van der Waals surface area (Å²) < 4.78 is 0. The molecular formula is C25H29N5O5. The molecule has 2 atom stereocenters. The summed E-state index contributed by atoms with van der Waals surface area (Å²) >= 11 is 0. The second-order valence-electron chi connectivity index (χ2n) is 8.98. The van der Waals surface area contributed by atoms with Crippen molar-refractivity contribution in [2.45, 2.75) is 43.7 Å². The van der Waals surface area contributed by atoms with E-state index in [1.807, 2.05) is 0 Å². The second kappa shape index (κ2) is 10.1. The standard InChI is InChI=1S/C25H29N5O5/c26-10-1-11-27-22(33)20(12-15-2-6-19(31)7-3-15)28-21(32)17-4-5-18-14-25(9-8-16(18)13-17)23(34)29-24(35)30-25/h2-7,13,20,31H,1,8-12,14,26H2,(H,27,33)(H,28,32)(H2,29,30,34,35)/t20-,25?/m1/s1. The lowest BCUT2D eigenvalue weighted by molar-refractivity contribution is -0.124. The topological polar surface area (TPSA) is 163 Å². The zero-order chi connectivity index (χ0) is 25.0.